The minimum Gasteiger partial charge on any atom is -0.325 e. The molecule has 92 valence electrons. The standard InChI is InChI=1S/C15H14BrNO/c16-13-8-9-14(12-7-2-1-6-11(12)13)17-15(18)10-4-3-5-10/h1-2,6-10H,3-5H2,(H,17,18). The molecule has 2 nitrogen and oxygen atoms in total. The Hall–Kier alpha value is -1.35. The number of carbonyl (C=O) groups excluding carboxylic acids is 1. The van der Waals surface area contributed by atoms with Crippen LogP contribution in [0.25, 0.3) is 10.8 Å². The van der Waals surface area contributed by atoms with Crippen molar-refractivity contribution >= 4 is 38.3 Å². The molecule has 1 amide bonds. The molecule has 0 atom stereocenters. The minimum absolute atomic E-state index is 0.161. The summed E-state index contributed by atoms with van der Waals surface area (Å²) >= 11 is 3.54. The fourth-order valence-electron chi connectivity index (χ4n) is 2.28. The number of fused-ring (bicyclic) bond motifs is 1. The predicted octanol–water partition coefficient (Wildman–Crippen LogP) is 4.34. The summed E-state index contributed by atoms with van der Waals surface area (Å²) in [5, 5.41) is 5.27. The number of hydrogen-bond donors (Lipinski definition) is 1. The molecule has 3 heteroatoms. The third kappa shape index (κ3) is 2.03. The Kier molecular flexibility index (Phi) is 3.08. The van der Waals surface area contributed by atoms with Crippen LogP contribution in [0.1, 0.15) is 19.3 Å². The Balaban J connectivity index is 1.96. The van der Waals surface area contributed by atoms with Gasteiger partial charge in [-0.15, -0.1) is 0 Å². The van der Waals surface area contributed by atoms with Crippen molar-refractivity contribution in [1.29, 1.82) is 0 Å². The largest absolute Gasteiger partial charge is 0.325 e. The second-order valence-electron chi connectivity index (χ2n) is 4.76. The van der Waals surface area contributed by atoms with E-state index in [2.05, 4.69) is 27.3 Å². The third-order valence-electron chi connectivity index (χ3n) is 3.60. The Morgan fingerprint density at radius 2 is 1.83 bits per heavy atom. The SMILES string of the molecule is O=C(Nc1ccc(Br)c2ccccc12)C1CCC1. The third-order valence-corrected chi connectivity index (χ3v) is 4.30. The molecule has 0 aliphatic heterocycles. The zero-order chi connectivity index (χ0) is 12.5. The molecule has 1 aliphatic carbocycles. The van der Waals surface area contributed by atoms with E-state index in [4.69, 9.17) is 0 Å². The highest BCUT2D eigenvalue weighted by Gasteiger charge is 2.25. The van der Waals surface area contributed by atoms with Crippen molar-refractivity contribution in [3.05, 3.63) is 40.9 Å². The number of amides is 1. The Morgan fingerprint density at radius 3 is 2.50 bits per heavy atom. The first kappa shape index (κ1) is 11.7. The molecule has 1 N–H and O–H groups in total. The van der Waals surface area contributed by atoms with E-state index in [0.717, 1.165) is 33.8 Å². The zero-order valence-corrected chi connectivity index (χ0v) is 11.5. The molecule has 1 fully saturated rings. The van der Waals surface area contributed by atoms with E-state index in [9.17, 15) is 4.79 Å². The van der Waals surface area contributed by atoms with E-state index in [1.165, 1.54) is 6.42 Å². The van der Waals surface area contributed by atoms with Gasteiger partial charge in [0.25, 0.3) is 0 Å². The molecule has 0 spiro atoms. The molecular formula is C15H14BrNO. The van der Waals surface area contributed by atoms with Gasteiger partial charge in [0.05, 0.1) is 0 Å². The van der Waals surface area contributed by atoms with Crippen LogP contribution in [0.15, 0.2) is 40.9 Å². The molecule has 1 aliphatic rings. The quantitative estimate of drug-likeness (QED) is 0.878. The Bertz CT molecular complexity index is 604. The second kappa shape index (κ2) is 4.73. The van der Waals surface area contributed by atoms with Crippen LogP contribution in [-0.4, -0.2) is 5.91 Å². The maximum absolute atomic E-state index is 12.0. The summed E-state index contributed by atoms with van der Waals surface area (Å²) in [6.45, 7) is 0. The summed E-state index contributed by atoms with van der Waals surface area (Å²) in [7, 11) is 0. The number of nitrogens with one attached hydrogen (secondary N) is 1. The summed E-state index contributed by atoms with van der Waals surface area (Å²) < 4.78 is 1.06. The van der Waals surface area contributed by atoms with Crippen molar-refractivity contribution in [3.8, 4) is 0 Å². The van der Waals surface area contributed by atoms with Crippen molar-refractivity contribution in [2.24, 2.45) is 5.92 Å². The van der Waals surface area contributed by atoms with E-state index >= 15 is 0 Å². The molecule has 18 heavy (non-hydrogen) atoms. The van der Waals surface area contributed by atoms with Crippen molar-refractivity contribution in [2.75, 3.05) is 5.32 Å². The highest BCUT2D eigenvalue weighted by atomic mass is 79.9. The van der Waals surface area contributed by atoms with Gasteiger partial charge in [-0.3, -0.25) is 4.79 Å². The van der Waals surface area contributed by atoms with Crippen LogP contribution in [-0.2, 0) is 4.79 Å². The first-order chi connectivity index (χ1) is 8.75. The second-order valence-corrected chi connectivity index (χ2v) is 5.61. The highest BCUT2D eigenvalue weighted by molar-refractivity contribution is 9.10. The van der Waals surface area contributed by atoms with Gasteiger partial charge in [0, 0.05) is 21.5 Å². The van der Waals surface area contributed by atoms with Gasteiger partial charge in [0.15, 0.2) is 0 Å². The highest BCUT2D eigenvalue weighted by Crippen LogP contribution is 2.32. The zero-order valence-electron chi connectivity index (χ0n) is 9.95. The summed E-state index contributed by atoms with van der Waals surface area (Å²) in [5.74, 6) is 0.376. The number of carbonyl (C=O) groups is 1. The van der Waals surface area contributed by atoms with Crippen LogP contribution in [0.4, 0.5) is 5.69 Å². The Morgan fingerprint density at radius 1 is 1.11 bits per heavy atom. The van der Waals surface area contributed by atoms with E-state index in [0.29, 0.717) is 0 Å². The fourth-order valence-corrected chi connectivity index (χ4v) is 2.75. The van der Waals surface area contributed by atoms with E-state index in [-0.39, 0.29) is 11.8 Å². The average molecular weight is 304 g/mol. The monoisotopic (exact) mass is 303 g/mol. The predicted molar refractivity (Wildman–Crippen MR) is 77.6 cm³/mol. The molecule has 0 unspecified atom stereocenters. The normalized spacial score (nSPS) is 15.4. The molecule has 2 aromatic carbocycles. The topological polar surface area (TPSA) is 29.1 Å². The lowest BCUT2D eigenvalue weighted by Crippen LogP contribution is -2.28. The van der Waals surface area contributed by atoms with Gasteiger partial charge in [-0.2, -0.15) is 0 Å². The van der Waals surface area contributed by atoms with Gasteiger partial charge in [0.1, 0.15) is 0 Å². The summed E-state index contributed by atoms with van der Waals surface area (Å²) in [5.41, 5.74) is 0.908. The van der Waals surface area contributed by atoms with E-state index < -0.39 is 0 Å². The fraction of sp³-hybridized carbons (Fsp3) is 0.267. The van der Waals surface area contributed by atoms with Gasteiger partial charge in [0.2, 0.25) is 5.91 Å². The number of halogens is 1. The lowest BCUT2D eigenvalue weighted by atomic mass is 9.85. The van der Waals surface area contributed by atoms with Crippen LogP contribution in [0.5, 0.6) is 0 Å². The number of hydrogen-bond acceptors (Lipinski definition) is 1. The van der Waals surface area contributed by atoms with Crippen LogP contribution >= 0.6 is 15.9 Å². The summed E-state index contributed by atoms with van der Waals surface area (Å²) in [4.78, 5) is 12.0. The lowest BCUT2D eigenvalue weighted by molar-refractivity contribution is -0.122. The van der Waals surface area contributed by atoms with E-state index in [1.807, 2.05) is 30.3 Å². The molecule has 1 saturated carbocycles. The van der Waals surface area contributed by atoms with Gasteiger partial charge in [-0.1, -0.05) is 46.6 Å². The van der Waals surface area contributed by atoms with Crippen LogP contribution in [0, 0.1) is 5.92 Å². The van der Waals surface area contributed by atoms with Crippen molar-refractivity contribution in [2.45, 2.75) is 19.3 Å². The molecular weight excluding hydrogens is 290 g/mol. The molecule has 2 aromatic rings. The lowest BCUT2D eigenvalue weighted by Gasteiger charge is -2.24. The maximum atomic E-state index is 12.0. The van der Waals surface area contributed by atoms with Crippen LogP contribution in [0.2, 0.25) is 0 Å². The molecule has 0 heterocycles. The number of rotatable bonds is 2. The van der Waals surface area contributed by atoms with E-state index in [1.54, 1.807) is 0 Å². The number of anilines is 1. The van der Waals surface area contributed by atoms with Gasteiger partial charge in [-0.05, 0) is 30.4 Å². The van der Waals surface area contributed by atoms with Crippen molar-refractivity contribution in [1.82, 2.24) is 0 Å². The Labute approximate surface area is 115 Å². The molecule has 0 bridgehead atoms. The smallest absolute Gasteiger partial charge is 0.227 e. The summed E-state index contributed by atoms with van der Waals surface area (Å²) in [6, 6.07) is 12.0. The van der Waals surface area contributed by atoms with Gasteiger partial charge in [-0.25, -0.2) is 0 Å². The number of benzene rings is 2. The van der Waals surface area contributed by atoms with Crippen molar-refractivity contribution < 1.29 is 4.79 Å². The minimum atomic E-state index is 0.161. The van der Waals surface area contributed by atoms with Gasteiger partial charge >= 0.3 is 0 Å². The summed E-state index contributed by atoms with van der Waals surface area (Å²) in [6.07, 6.45) is 3.24. The first-order valence-corrected chi connectivity index (χ1v) is 7.03. The van der Waals surface area contributed by atoms with Crippen LogP contribution < -0.4 is 5.32 Å². The first-order valence-electron chi connectivity index (χ1n) is 6.24. The van der Waals surface area contributed by atoms with Crippen LogP contribution in [0.3, 0.4) is 0 Å². The maximum Gasteiger partial charge on any atom is 0.227 e. The molecule has 3 rings (SSSR count). The van der Waals surface area contributed by atoms with Gasteiger partial charge < -0.3 is 5.32 Å². The molecule has 0 saturated heterocycles. The molecule has 0 radical (unpaired) electrons. The van der Waals surface area contributed by atoms with Crippen molar-refractivity contribution in [3.63, 3.8) is 0 Å². The average Bonchev–Trinajstić information content (AvgIpc) is 2.31. The molecule has 0 aromatic heterocycles.